The number of nitro benzene ring substituents is 1. The van der Waals surface area contributed by atoms with Crippen LogP contribution >= 0.6 is 15.9 Å². The van der Waals surface area contributed by atoms with Gasteiger partial charge < -0.3 is 9.84 Å². The number of phenols is 1. The smallest absolute Gasteiger partial charge is 0.271 e. The molecule has 5 rings (SSSR count). The van der Waals surface area contributed by atoms with E-state index in [1.54, 1.807) is 18.2 Å². The van der Waals surface area contributed by atoms with Crippen molar-refractivity contribution >= 4 is 39.1 Å². The fourth-order valence-corrected chi connectivity index (χ4v) is 5.08. The molecule has 0 radical (unpaired) electrons. The van der Waals surface area contributed by atoms with Crippen LogP contribution in [0.1, 0.15) is 17.2 Å². The van der Waals surface area contributed by atoms with Crippen molar-refractivity contribution in [3.63, 3.8) is 0 Å². The van der Waals surface area contributed by atoms with E-state index in [2.05, 4.69) is 15.9 Å². The molecule has 1 N–H and O–H groups in total. The van der Waals surface area contributed by atoms with Crippen LogP contribution in [0.5, 0.6) is 11.5 Å². The summed E-state index contributed by atoms with van der Waals surface area (Å²) in [5, 5.41) is 23.1. The van der Waals surface area contributed by atoms with E-state index in [1.807, 2.05) is 30.3 Å². The fraction of sp³-hybridized carbons (Fsp3) is 0.200. The molecule has 11 heteroatoms. The number of nitro groups is 1. The second-order valence-electron chi connectivity index (χ2n) is 8.40. The van der Waals surface area contributed by atoms with E-state index >= 15 is 0 Å². The molecule has 2 aliphatic rings. The van der Waals surface area contributed by atoms with Crippen LogP contribution < -0.4 is 9.80 Å². The Morgan fingerprint density at radius 1 is 1.08 bits per heavy atom. The molecule has 3 aromatic rings. The number of ether oxygens (including phenoxy) is 1. The maximum Gasteiger partial charge on any atom is 0.271 e. The number of aromatic hydroxyl groups is 1. The van der Waals surface area contributed by atoms with E-state index < -0.39 is 34.8 Å². The van der Waals surface area contributed by atoms with Gasteiger partial charge in [0.25, 0.3) is 11.6 Å². The zero-order valence-corrected chi connectivity index (χ0v) is 20.5. The number of non-ortho nitro benzene ring substituents is 1. The Morgan fingerprint density at radius 3 is 2.53 bits per heavy atom. The van der Waals surface area contributed by atoms with Crippen LogP contribution in [-0.4, -0.2) is 40.0 Å². The second-order valence-corrected chi connectivity index (χ2v) is 9.26. The van der Waals surface area contributed by atoms with Gasteiger partial charge in [0.2, 0.25) is 5.91 Å². The number of hydroxylamine groups is 1. The van der Waals surface area contributed by atoms with Crippen LogP contribution in [0.2, 0.25) is 0 Å². The molecule has 2 fully saturated rings. The average Bonchev–Trinajstić information content (AvgIpc) is 3.38. The first-order chi connectivity index (χ1) is 17.3. The third-order valence-electron chi connectivity index (χ3n) is 6.30. The summed E-state index contributed by atoms with van der Waals surface area (Å²) in [7, 11) is 1.39. The first kappa shape index (κ1) is 23.8. The number of amides is 2. The van der Waals surface area contributed by atoms with Crippen LogP contribution in [0.25, 0.3) is 0 Å². The number of methoxy groups -OCH3 is 1. The Bertz CT molecular complexity index is 1370. The number of hydrogen-bond donors (Lipinski definition) is 1. The van der Waals surface area contributed by atoms with E-state index in [9.17, 15) is 24.8 Å². The van der Waals surface area contributed by atoms with Crippen molar-refractivity contribution in [2.75, 3.05) is 12.2 Å². The average molecular weight is 554 g/mol. The summed E-state index contributed by atoms with van der Waals surface area (Å²) in [6.45, 7) is 0.0982. The molecule has 3 atom stereocenters. The molecular formula is C25H20BrN3O7. The van der Waals surface area contributed by atoms with Crippen LogP contribution in [0.15, 0.2) is 71.2 Å². The summed E-state index contributed by atoms with van der Waals surface area (Å²) in [6.07, 6.45) is -1.12. The molecule has 3 aromatic carbocycles. The quantitative estimate of drug-likeness (QED) is 0.275. The number of likely N-dealkylation sites (tertiary alicyclic amines) is 1. The van der Waals surface area contributed by atoms with E-state index in [0.717, 1.165) is 5.56 Å². The second kappa shape index (κ2) is 9.25. The normalized spacial score (nSPS) is 21.1. The molecule has 0 unspecified atom stereocenters. The van der Waals surface area contributed by atoms with Gasteiger partial charge >= 0.3 is 0 Å². The number of fused-ring (bicyclic) bond motifs is 1. The zero-order valence-electron chi connectivity index (χ0n) is 18.9. The van der Waals surface area contributed by atoms with Crippen LogP contribution in [-0.2, 0) is 21.0 Å². The van der Waals surface area contributed by atoms with Gasteiger partial charge in [-0.05, 0) is 45.3 Å². The van der Waals surface area contributed by atoms with Crippen molar-refractivity contribution in [2.24, 2.45) is 5.92 Å². The zero-order chi connectivity index (χ0) is 25.6. The lowest BCUT2D eigenvalue weighted by Crippen LogP contribution is -2.37. The monoisotopic (exact) mass is 553 g/mol. The molecule has 36 heavy (non-hydrogen) atoms. The van der Waals surface area contributed by atoms with E-state index in [1.165, 1.54) is 35.3 Å². The number of halogens is 1. The molecule has 0 saturated carbocycles. The third kappa shape index (κ3) is 3.95. The van der Waals surface area contributed by atoms with Gasteiger partial charge in [0.15, 0.2) is 17.6 Å². The van der Waals surface area contributed by atoms with Gasteiger partial charge in [-0.2, -0.15) is 0 Å². The molecule has 0 aromatic heterocycles. The molecule has 2 amide bonds. The summed E-state index contributed by atoms with van der Waals surface area (Å²) in [5.41, 5.74) is 1.44. The highest BCUT2D eigenvalue weighted by atomic mass is 79.9. The topological polar surface area (TPSA) is 122 Å². The van der Waals surface area contributed by atoms with E-state index in [-0.39, 0.29) is 23.7 Å². The Labute approximate surface area is 213 Å². The summed E-state index contributed by atoms with van der Waals surface area (Å²) in [4.78, 5) is 45.1. The molecular weight excluding hydrogens is 534 g/mol. The van der Waals surface area contributed by atoms with Gasteiger partial charge in [0, 0.05) is 12.1 Å². The molecule has 2 saturated heterocycles. The van der Waals surface area contributed by atoms with E-state index in [0.29, 0.717) is 15.7 Å². The van der Waals surface area contributed by atoms with Gasteiger partial charge in [-0.3, -0.25) is 29.4 Å². The number of carbonyl (C=O) groups excluding carboxylic acids is 2. The van der Waals surface area contributed by atoms with E-state index in [4.69, 9.17) is 9.57 Å². The van der Waals surface area contributed by atoms with Crippen LogP contribution in [0, 0.1) is 16.0 Å². The first-order valence-corrected chi connectivity index (χ1v) is 11.8. The summed E-state index contributed by atoms with van der Waals surface area (Å²) in [6, 6.07) is 17.2. The van der Waals surface area contributed by atoms with Crippen molar-refractivity contribution in [3.05, 3.63) is 92.4 Å². The van der Waals surface area contributed by atoms with Crippen molar-refractivity contribution in [1.29, 1.82) is 0 Å². The molecule has 0 bridgehead atoms. The summed E-state index contributed by atoms with van der Waals surface area (Å²) < 4.78 is 5.60. The minimum absolute atomic E-state index is 0.0982. The predicted octanol–water partition coefficient (Wildman–Crippen LogP) is 4.12. The maximum absolute atomic E-state index is 13.6. The standard InChI is InChI=1S/C25H20BrN3O7/c1-35-19-11-15(10-18(26)22(19)30)21-20-23(36-28(21)16-8-5-9-17(12-16)29(33)34)25(32)27(24(20)31)13-14-6-3-2-4-7-14/h2-12,20-21,23,30H,13H2,1H3/t20-,21+,23-/m1/s1. The van der Waals surface area contributed by atoms with Crippen molar-refractivity contribution in [1.82, 2.24) is 4.90 Å². The SMILES string of the molecule is COc1cc([C@H]2[C@H]3C(=O)N(Cc4ccccc4)C(=O)[C@@H]3ON2c2cccc([N+](=O)[O-])c2)cc(Br)c1O. The molecule has 2 aliphatic heterocycles. The lowest BCUT2D eigenvalue weighted by Gasteiger charge is -2.29. The maximum atomic E-state index is 13.6. The highest BCUT2D eigenvalue weighted by Gasteiger charge is 2.60. The Morgan fingerprint density at radius 2 is 1.83 bits per heavy atom. The largest absolute Gasteiger partial charge is 0.503 e. The lowest BCUT2D eigenvalue weighted by molar-refractivity contribution is -0.384. The molecule has 184 valence electrons. The first-order valence-electron chi connectivity index (χ1n) is 11.0. The number of nitrogens with zero attached hydrogens (tertiary/aromatic N) is 3. The van der Waals surface area contributed by atoms with Gasteiger partial charge in [0.1, 0.15) is 5.92 Å². The Balaban J connectivity index is 1.59. The number of phenolic OH excluding ortho intramolecular Hbond substituents is 1. The Kier molecular flexibility index (Phi) is 6.10. The van der Waals surface area contributed by atoms with Crippen molar-refractivity contribution < 1.29 is 29.2 Å². The van der Waals surface area contributed by atoms with Gasteiger partial charge in [-0.25, -0.2) is 5.06 Å². The fourth-order valence-electron chi connectivity index (χ4n) is 4.62. The van der Waals surface area contributed by atoms with Gasteiger partial charge in [-0.1, -0.05) is 36.4 Å². The molecule has 0 spiro atoms. The highest BCUT2D eigenvalue weighted by Crippen LogP contribution is 2.49. The number of imide groups is 1. The number of benzene rings is 3. The number of anilines is 1. The van der Waals surface area contributed by atoms with Crippen molar-refractivity contribution in [3.8, 4) is 11.5 Å². The van der Waals surface area contributed by atoms with Gasteiger partial charge in [-0.15, -0.1) is 0 Å². The number of carbonyl (C=O) groups is 2. The summed E-state index contributed by atoms with van der Waals surface area (Å²) in [5.74, 6) is -1.81. The third-order valence-corrected chi connectivity index (χ3v) is 6.90. The minimum Gasteiger partial charge on any atom is -0.503 e. The van der Waals surface area contributed by atoms with Crippen molar-refractivity contribution in [2.45, 2.75) is 18.7 Å². The minimum atomic E-state index is -1.12. The number of rotatable bonds is 6. The summed E-state index contributed by atoms with van der Waals surface area (Å²) >= 11 is 3.31. The lowest BCUT2D eigenvalue weighted by atomic mass is 9.90. The number of hydrogen-bond acceptors (Lipinski definition) is 8. The van der Waals surface area contributed by atoms with Crippen LogP contribution in [0.4, 0.5) is 11.4 Å². The predicted molar refractivity (Wildman–Crippen MR) is 131 cm³/mol. The van der Waals surface area contributed by atoms with Crippen LogP contribution in [0.3, 0.4) is 0 Å². The highest BCUT2D eigenvalue weighted by molar-refractivity contribution is 9.10. The van der Waals surface area contributed by atoms with Gasteiger partial charge in [0.05, 0.1) is 34.8 Å². The molecule has 0 aliphatic carbocycles. The Hall–Kier alpha value is -3.96. The molecule has 2 heterocycles. The molecule has 10 nitrogen and oxygen atoms in total.